The normalized spacial score (nSPS) is 10.5. The van der Waals surface area contributed by atoms with Crippen LogP contribution in [0.4, 0.5) is 0 Å². The monoisotopic (exact) mass is 222 g/mol. The highest BCUT2D eigenvalue weighted by atomic mass is 35.5. The smallest absolute Gasteiger partial charge is 0.341 e. The van der Waals surface area contributed by atoms with Gasteiger partial charge in [-0.15, -0.1) is 0 Å². The second kappa shape index (κ2) is 4.48. The molecule has 1 heterocycles. The van der Waals surface area contributed by atoms with E-state index < -0.39 is 10.8 Å². The Morgan fingerprint density at radius 1 is 1.77 bits per heavy atom. The Labute approximate surface area is 85.2 Å². The first-order valence-corrected chi connectivity index (χ1v) is 4.52. The molecule has 0 fully saturated rings. The zero-order valence-corrected chi connectivity index (χ0v) is 8.39. The number of aromatic nitrogens is 2. The third-order valence-electron chi connectivity index (χ3n) is 1.38. The van der Waals surface area contributed by atoms with Crippen molar-refractivity contribution in [2.75, 3.05) is 6.61 Å². The van der Waals surface area contributed by atoms with Crippen LogP contribution in [0.2, 0.25) is 0 Å². The molecule has 13 heavy (non-hydrogen) atoms. The Morgan fingerprint density at radius 3 is 3.00 bits per heavy atom. The minimum Gasteiger partial charge on any atom is -0.462 e. The van der Waals surface area contributed by atoms with Crippen molar-refractivity contribution in [3.05, 3.63) is 17.5 Å². The Hall–Kier alpha value is -0.740. The number of aromatic amines is 1. The maximum atomic E-state index is 11.2. The summed E-state index contributed by atoms with van der Waals surface area (Å²) >= 11 is 11.2. The third-order valence-corrected chi connectivity index (χ3v) is 1.82. The molecule has 1 aromatic rings. The lowest BCUT2D eigenvalue weighted by Crippen LogP contribution is -2.06. The SMILES string of the molecule is CCOC(=O)c1cn[nH]c1C(Cl)Cl. The summed E-state index contributed by atoms with van der Waals surface area (Å²) in [6.07, 6.45) is 1.34. The fourth-order valence-electron chi connectivity index (χ4n) is 0.834. The first kappa shape index (κ1) is 10.3. The summed E-state index contributed by atoms with van der Waals surface area (Å²) in [4.78, 5) is 10.4. The van der Waals surface area contributed by atoms with E-state index in [-0.39, 0.29) is 5.56 Å². The van der Waals surface area contributed by atoms with Gasteiger partial charge in [0, 0.05) is 0 Å². The number of nitrogens with one attached hydrogen (secondary N) is 1. The fourth-order valence-corrected chi connectivity index (χ4v) is 1.17. The Balaban J connectivity index is 2.87. The summed E-state index contributed by atoms with van der Waals surface area (Å²) in [7, 11) is 0. The molecule has 4 nitrogen and oxygen atoms in total. The van der Waals surface area contributed by atoms with E-state index in [1.807, 2.05) is 0 Å². The Bertz CT molecular complexity index is 298. The number of H-pyrrole nitrogens is 1. The standard InChI is InChI=1S/C7H8Cl2N2O2/c1-2-13-7(12)4-3-10-11-5(4)6(8)9/h3,6H,2H2,1H3,(H,10,11). The molecule has 0 aromatic carbocycles. The summed E-state index contributed by atoms with van der Waals surface area (Å²) in [6, 6.07) is 0. The Kier molecular flexibility index (Phi) is 3.57. The van der Waals surface area contributed by atoms with Crippen LogP contribution in [0.3, 0.4) is 0 Å². The van der Waals surface area contributed by atoms with Gasteiger partial charge >= 0.3 is 5.97 Å². The van der Waals surface area contributed by atoms with Crippen molar-refractivity contribution in [1.82, 2.24) is 10.2 Å². The minimum atomic E-state index is -0.804. The van der Waals surface area contributed by atoms with E-state index in [2.05, 4.69) is 10.2 Å². The third kappa shape index (κ3) is 2.35. The summed E-state index contributed by atoms with van der Waals surface area (Å²) in [5.41, 5.74) is 0.638. The van der Waals surface area contributed by atoms with Crippen molar-refractivity contribution >= 4 is 29.2 Å². The predicted octanol–water partition coefficient (Wildman–Crippen LogP) is 2.06. The largest absolute Gasteiger partial charge is 0.462 e. The van der Waals surface area contributed by atoms with Crippen LogP contribution in [0.25, 0.3) is 0 Å². The molecule has 0 spiro atoms. The number of halogens is 2. The van der Waals surface area contributed by atoms with Crippen LogP contribution in [0, 0.1) is 0 Å². The second-order valence-corrected chi connectivity index (χ2v) is 3.31. The van der Waals surface area contributed by atoms with Crippen molar-refractivity contribution in [1.29, 1.82) is 0 Å². The van der Waals surface area contributed by atoms with Gasteiger partial charge in [0.05, 0.1) is 18.5 Å². The van der Waals surface area contributed by atoms with Crippen LogP contribution in [0.15, 0.2) is 6.20 Å². The van der Waals surface area contributed by atoms with Crippen LogP contribution in [0.1, 0.15) is 27.8 Å². The molecule has 0 unspecified atom stereocenters. The molecule has 0 saturated carbocycles. The summed E-state index contributed by atoms with van der Waals surface area (Å²) in [5, 5.41) is 6.18. The van der Waals surface area contributed by atoms with Crippen LogP contribution in [-0.4, -0.2) is 22.8 Å². The van der Waals surface area contributed by atoms with Crippen LogP contribution in [0.5, 0.6) is 0 Å². The number of alkyl halides is 2. The van der Waals surface area contributed by atoms with Gasteiger partial charge in [0.25, 0.3) is 0 Å². The Morgan fingerprint density at radius 2 is 2.46 bits per heavy atom. The molecule has 0 saturated heterocycles. The molecule has 1 aromatic heterocycles. The van der Waals surface area contributed by atoms with Crippen LogP contribution < -0.4 is 0 Å². The van der Waals surface area contributed by atoms with Crippen LogP contribution >= 0.6 is 23.2 Å². The molecule has 0 bridgehead atoms. The zero-order chi connectivity index (χ0) is 9.84. The maximum absolute atomic E-state index is 11.2. The van der Waals surface area contributed by atoms with Crippen molar-refractivity contribution in [2.45, 2.75) is 11.8 Å². The van der Waals surface area contributed by atoms with E-state index in [4.69, 9.17) is 27.9 Å². The number of carbonyl (C=O) groups is 1. The van der Waals surface area contributed by atoms with Gasteiger partial charge in [-0.2, -0.15) is 5.10 Å². The molecule has 1 rings (SSSR count). The van der Waals surface area contributed by atoms with E-state index in [9.17, 15) is 4.79 Å². The van der Waals surface area contributed by atoms with Crippen LogP contribution in [-0.2, 0) is 4.74 Å². The van der Waals surface area contributed by atoms with Gasteiger partial charge < -0.3 is 4.74 Å². The fraction of sp³-hybridized carbons (Fsp3) is 0.429. The number of nitrogens with zero attached hydrogens (tertiary/aromatic N) is 1. The number of rotatable bonds is 3. The van der Waals surface area contributed by atoms with Gasteiger partial charge in [-0.1, -0.05) is 23.2 Å². The van der Waals surface area contributed by atoms with Crippen molar-refractivity contribution in [3.63, 3.8) is 0 Å². The second-order valence-electron chi connectivity index (χ2n) is 2.22. The summed E-state index contributed by atoms with van der Waals surface area (Å²) in [6.45, 7) is 2.02. The molecule has 6 heteroatoms. The van der Waals surface area contributed by atoms with Gasteiger partial charge in [0.1, 0.15) is 10.4 Å². The van der Waals surface area contributed by atoms with E-state index in [1.165, 1.54) is 6.20 Å². The van der Waals surface area contributed by atoms with Gasteiger partial charge in [0.2, 0.25) is 0 Å². The number of hydrogen-bond acceptors (Lipinski definition) is 3. The lowest BCUT2D eigenvalue weighted by atomic mass is 10.3. The van der Waals surface area contributed by atoms with Gasteiger partial charge in [0.15, 0.2) is 0 Å². The predicted molar refractivity (Wildman–Crippen MR) is 49.0 cm³/mol. The summed E-state index contributed by atoms with van der Waals surface area (Å²) < 4.78 is 4.76. The van der Waals surface area contributed by atoms with E-state index in [1.54, 1.807) is 6.92 Å². The lowest BCUT2D eigenvalue weighted by molar-refractivity contribution is 0.0525. The number of carbonyl (C=O) groups excluding carboxylic acids is 1. The molecule has 0 atom stereocenters. The number of esters is 1. The molecule has 72 valence electrons. The molecule has 0 amide bonds. The average molecular weight is 223 g/mol. The van der Waals surface area contributed by atoms with E-state index >= 15 is 0 Å². The molecule has 0 aliphatic rings. The quantitative estimate of drug-likeness (QED) is 0.630. The maximum Gasteiger partial charge on any atom is 0.341 e. The molecule has 0 aliphatic carbocycles. The van der Waals surface area contributed by atoms with Gasteiger partial charge in [-0.05, 0) is 6.92 Å². The average Bonchev–Trinajstić information content (AvgIpc) is 2.52. The first-order chi connectivity index (χ1) is 6.16. The van der Waals surface area contributed by atoms with Crippen molar-refractivity contribution in [2.24, 2.45) is 0 Å². The van der Waals surface area contributed by atoms with Gasteiger partial charge in [-0.25, -0.2) is 4.79 Å². The number of hydrogen-bond donors (Lipinski definition) is 1. The van der Waals surface area contributed by atoms with E-state index in [0.717, 1.165) is 0 Å². The van der Waals surface area contributed by atoms with Crippen molar-refractivity contribution in [3.8, 4) is 0 Å². The zero-order valence-electron chi connectivity index (χ0n) is 6.88. The highest BCUT2D eigenvalue weighted by molar-refractivity contribution is 6.44. The van der Waals surface area contributed by atoms with Gasteiger partial charge in [-0.3, -0.25) is 5.10 Å². The topological polar surface area (TPSA) is 55.0 Å². The van der Waals surface area contributed by atoms with E-state index in [0.29, 0.717) is 12.3 Å². The number of ether oxygens (including phenoxy) is 1. The van der Waals surface area contributed by atoms with Crippen molar-refractivity contribution < 1.29 is 9.53 Å². The molecule has 0 radical (unpaired) electrons. The molecular formula is C7H8Cl2N2O2. The highest BCUT2D eigenvalue weighted by Crippen LogP contribution is 2.25. The molecule has 0 aliphatic heterocycles. The summed E-state index contributed by atoms with van der Waals surface area (Å²) in [5.74, 6) is -0.474. The molecular weight excluding hydrogens is 215 g/mol. The lowest BCUT2D eigenvalue weighted by Gasteiger charge is -2.02. The first-order valence-electron chi connectivity index (χ1n) is 3.65. The minimum absolute atomic E-state index is 0.275. The highest BCUT2D eigenvalue weighted by Gasteiger charge is 2.18. The molecule has 1 N–H and O–H groups in total.